The van der Waals surface area contributed by atoms with E-state index in [2.05, 4.69) is 4.98 Å². The topological polar surface area (TPSA) is 60.9 Å². The largest absolute Gasteiger partial charge is 0.382 e. The van der Waals surface area contributed by atoms with Crippen molar-refractivity contribution >= 4 is 17.4 Å². The molecule has 1 heterocycles. The van der Waals surface area contributed by atoms with Crippen molar-refractivity contribution in [2.75, 3.05) is 5.73 Å². The lowest BCUT2D eigenvalue weighted by molar-refractivity contribution is 0.352. The number of nitrogens with zero attached hydrogens (tertiary/aromatic N) is 2. The molecule has 1 rings (SSSR count). The van der Waals surface area contributed by atoms with Gasteiger partial charge in [-0.2, -0.15) is 4.98 Å². The van der Waals surface area contributed by atoms with Crippen LogP contribution in [0.4, 0.5) is 10.3 Å². The summed E-state index contributed by atoms with van der Waals surface area (Å²) in [6.07, 6.45) is 0.995. The fourth-order valence-electron chi connectivity index (χ4n) is 0.426. The molecule has 1 aromatic heterocycles. The van der Waals surface area contributed by atoms with E-state index in [0.717, 1.165) is 6.20 Å². The van der Waals surface area contributed by atoms with Crippen molar-refractivity contribution in [3.05, 3.63) is 21.7 Å². The number of rotatable bonds is 0. The van der Waals surface area contributed by atoms with Crippen LogP contribution in [0.15, 0.2) is 11.0 Å². The van der Waals surface area contributed by atoms with E-state index in [-0.39, 0.29) is 9.81 Å². The monoisotopic (exact) mass is 163 g/mol. The van der Waals surface area contributed by atoms with Gasteiger partial charge in [-0.3, -0.25) is 0 Å². The standard InChI is InChI=1S/C4H3ClFN3O/c5-2-1-8-4(10)9(6)3(2)7/h1H,7H2. The molecule has 0 fully saturated rings. The van der Waals surface area contributed by atoms with Crippen molar-refractivity contribution in [3.8, 4) is 0 Å². The highest BCUT2D eigenvalue weighted by Gasteiger charge is 2.03. The Bertz CT molecular complexity index is 310. The van der Waals surface area contributed by atoms with Crippen LogP contribution in [0.25, 0.3) is 0 Å². The molecule has 0 aromatic carbocycles. The minimum atomic E-state index is -1.07. The molecule has 0 aliphatic rings. The molecule has 0 saturated carbocycles. The lowest BCUT2D eigenvalue weighted by Gasteiger charge is -1.96. The molecule has 0 unspecified atom stereocenters. The zero-order valence-electron chi connectivity index (χ0n) is 4.71. The summed E-state index contributed by atoms with van der Waals surface area (Å²) in [7, 11) is 0. The number of anilines is 1. The third-order valence-electron chi connectivity index (χ3n) is 0.912. The molecule has 0 atom stereocenters. The Kier molecular flexibility index (Phi) is 1.58. The van der Waals surface area contributed by atoms with Crippen LogP contribution in [0, 0.1) is 0 Å². The number of hydrogen-bond donors (Lipinski definition) is 1. The van der Waals surface area contributed by atoms with Gasteiger partial charge in [0.1, 0.15) is 5.02 Å². The van der Waals surface area contributed by atoms with Crippen molar-refractivity contribution < 1.29 is 4.48 Å². The molecule has 0 spiro atoms. The average Bonchev–Trinajstić information content (AvgIpc) is 1.93. The fourth-order valence-corrected chi connectivity index (χ4v) is 0.549. The molecule has 0 aliphatic carbocycles. The summed E-state index contributed by atoms with van der Waals surface area (Å²) in [6.45, 7) is 0. The van der Waals surface area contributed by atoms with E-state index in [1.807, 2.05) is 0 Å². The first-order valence-electron chi connectivity index (χ1n) is 2.32. The Labute approximate surface area is 60.0 Å². The van der Waals surface area contributed by atoms with E-state index in [1.165, 1.54) is 0 Å². The molecule has 6 heteroatoms. The summed E-state index contributed by atoms with van der Waals surface area (Å²) in [5.41, 5.74) is 3.93. The molecule has 2 N–H and O–H groups in total. The van der Waals surface area contributed by atoms with E-state index < -0.39 is 11.5 Å². The van der Waals surface area contributed by atoms with Crippen molar-refractivity contribution in [2.24, 2.45) is 0 Å². The number of nitrogens with two attached hydrogens (primary N) is 1. The Morgan fingerprint density at radius 1 is 1.80 bits per heavy atom. The van der Waals surface area contributed by atoms with Gasteiger partial charge in [0, 0.05) is 0 Å². The number of aromatic nitrogens is 2. The normalized spacial score (nSPS) is 9.80. The van der Waals surface area contributed by atoms with Crippen LogP contribution >= 0.6 is 11.6 Å². The van der Waals surface area contributed by atoms with E-state index in [4.69, 9.17) is 17.3 Å². The van der Waals surface area contributed by atoms with E-state index >= 15 is 0 Å². The highest BCUT2D eigenvalue weighted by molar-refractivity contribution is 6.32. The van der Waals surface area contributed by atoms with Gasteiger partial charge < -0.3 is 5.73 Å². The number of hydrogen-bond acceptors (Lipinski definition) is 3. The van der Waals surface area contributed by atoms with Crippen molar-refractivity contribution in [1.29, 1.82) is 0 Å². The molecular weight excluding hydrogens is 161 g/mol. The predicted octanol–water partition coefficient (Wildman–Crippen LogP) is 0.212. The molecule has 0 radical (unpaired) electrons. The second-order valence-electron chi connectivity index (χ2n) is 1.55. The van der Waals surface area contributed by atoms with Crippen LogP contribution in [0.1, 0.15) is 0 Å². The quantitative estimate of drug-likeness (QED) is 0.595. The molecule has 1 aromatic rings. The molecule has 0 amide bonds. The molecular formula is C4H3ClFN3O. The fraction of sp³-hybridized carbons (Fsp3) is 0. The van der Waals surface area contributed by atoms with Gasteiger partial charge >= 0.3 is 5.69 Å². The zero-order chi connectivity index (χ0) is 7.72. The summed E-state index contributed by atoms with van der Waals surface area (Å²) >= 11 is 5.30. The maximum absolute atomic E-state index is 12.3. The maximum atomic E-state index is 12.3. The number of halogens is 2. The second-order valence-corrected chi connectivity index (χ2v) is 1.96. The minimum Gasteiger partial charge on any atom is -0.382 e. The molecule has 0 saturated heterocycles. The number of nitrogen functional groups attached to an aromatic ring is 1. The van der Waals surface area contributed by atoms with E-state index in [1.54, 1.807) is 0 Å². The van der Waals surface area contributed by atoms with Gasteiger partial charge in [0.05, 0.1) is 6.20 Å². The van der Waals surface area contributed by atoms with Gasteiger partial charge in [0.25, 0.3) is 0 Å². The Morgan fingerprint density at radius 2 is 2.40 bits per heavy atom. The van der Waals surface area contributed by atoms with Crippen LogP contribution in [0.3, 0.4) is 0 Å². The summed E-state index contributed by atoms with van der Waals surface area (Å²) in [5, 5.41) is -0.0814. The lowest BCUT2D eigenvalue weighted by Crippen LogP contribution is -2.19. The van der Waals surface area contributed by atoms with Crippen LogP contribution in [0.2, 0.25) is 5.02 Å². The first kappa shape index (κ1) is 7.01. The Hall–Kier alpha value is -1.10. The van der Waals surface area contributed by atoms with Gasteiger partial charge in [-0.05, 0) is 0 Å². The van der Waals surface area contributed by atoms with Gasteiger partial charge in [0.15, 0.2) is 5.82 Å². The van der Waals surface area contributed by atoms with Gasteiger partial charge in [-0.1, -0.05) is 16.1 Å². The van der Waals surface area contributed by atoms with E-state index in [9.17, 15) is 9.28 Å². The first-order chi connectivity index (χ1) is 4.63. The van der Waals surface area contributed by atoms with Gasteiger partial charge in [0.2, 0.25) is 0 Å². The SMILES string of the molecule is Nc1c(Cl)cnc(=O)n1F. The summed E-state index contributed by atoms with van der Waals surface area (Å²) in [4.78, 5) is 13.1. The van der Waals surface area contributed by atoms with Crippen LogP contribution in [-0.4, -0.2) is 9.77 Å². The smallest absolute Gasteiger partial charge is 0.377 e. The van der Waals surface area contributed by atoms with Gasteiger partial charge in [-0.15, -0.1) is 4.79 Å². The maximum Gasteiger partial charge on any atom is 0.377 e. The van der Waals surface area contributed by atoms with Crippen LogP contribution < -0.4 is 11.4 Å². The molecule has 0 bridgehead atoms. The summed E-state index contributed by atoms with van der Waals surface area (Å²) in [6, 6.07) is 0. The van der Waals surface area contributed by atoms with Crippen LogP contribution in [-0.2, 0) is 0 Å². The molecule has 4 nitrogen and oxygen atoms in total. The van der Waals surface area contributed by atoms with Crippen molar-refractivity contribution in [2.45, 2.75) is 0 Å². The summed E-state index contributed by atoms with van der Waals surface area (Å²) in [5.74, 6) is -0.429. The molecule has 0 aliphatic heterocycles. The molecule has 54 valence electrons. The first-order valence-corrected chi connectivity index (χ1v) is 2.70. The van der Waals surface area contributed by atoms with E-state index in [0.29, 0.717) is 0 Å². The van der Waals surface area contributed by atoms with Crippen LogP contribution in [0.5, 0.6) is 0 Å². The van der Waals surface area contributed by atoms with Gasteiger partial charge in [-0.25, -0.2) is 4.79 Å². The highest BCUT2D eigenvalue weighted by atomic mass is 35.5. The average molecular weight is 164 g/mol. The van der Waals surface area contributed by atoms with Crippen molar-refractivity contribution in [1.82, 2.24) is 9.77 Å². The zero-order valence-corrected chi connectivity index (χ0v) is 5.47. The highest BCUT2D eigenvalue weighted by Crippen LogP contribution is 2.12. The molecule has 10 heavy (non-hydrogen) atoms. The lowest BCUT2D eigenvalue weighted by atomic mass is 10.6. The Morgan fingerprint density at radius 3 is 2.90 bits per heavy atom. The third kappa shape index (κ3) is 0.950. The second kappa shape index (κ2) is 2.26. The minimum absolute atomic E-state index is 0.0814. The predicted molar refractivity (Wildman–Crippen MR) is 34.4 cm³/mol. The Balaban J connectivity index is 3.49. The summed E-state index contributed by atoms with van der Waals surface area (Å²) < 4.78 is 12.3. The third-order valence-corrected chi connectivity index (χ3v) is 1.20. The van der Waals surface area contributed by atoms with Crippen molar-refractivity contribution in [3.63, 3.8) is 0 Å².